The summed E-state index contributed by atoms with van der Waals surface area (Å²) in [5.41, 5.74) is 0.926. The summed E-state index contributed by atoms with van der Waals surface area (Å²) in [6, 6.07) is 1.58. The second-order valence-electron chi connectivity index (χ2n) is 3.71. The van der Waals surface area contributed by atoms with E-state index >= 15 is 0 Å². The molecule has 0 amide bonds. The first kappa shape index (κ1) is 13.7. The Bertz CT molecular complexity index is 616. The van der Waals surface area contributed by atoms with Gasteiger partial charge in [0, 0.05) is 13.1 Å². The Morgan fingerprint density at radius 2 is 2.28 bits per heavy atom. The van der Waals surface area contributed by atoms with E-state index in [1.54, 1.807) is 6.92 Å². The van der Waals surface area contributed by atoms with Crippen molar-refractivity contribution < 1.29 is 8.42 Å². The Kier molecular flexibility index (Phi) is 3.85. The van der Waals surface area contributed by atoms with Crippen LogP contribution in [0.3, 0.4) is 0 Å². The smallest absolute Gasteiger partial charge is 0.235 e. The topological polar surface area (TPSA) is 76.9 Å². The molecule has 0 aliphatic rings. The third-order valence-electron chi connectivity index (χ3n) is 2.37. The number of halogens is 1. The molecule has 1 N–H and O–H groups in total. The Morgan fingerprint density at radius 3 is 2.78 bits per heavy atom. The summed E-state index contributed by atoms with van der Waals surface area (Å²) >= 11 is 4.60. The Balaban J connectivity index is 2.28. The third kappa shape index (κ3) is 2.63. The number of nitrogens with zero attached hydrogens (tertiary/aromatic N) is 3. The molecule has 0 fully saturated rings. The molecule has 2 rings (SSSR count). The van der Waals surface area contributed by atoms with Gasteiger partial charge >= 0.3 is 0 Å². The second-order valence-corrected chi connectivity index (χ2v) is 6.87. The highest BCUT2D eigenvalue weighted by molar-refractivity contribution is 9.10. The molecule has 1 atom stereocenters. The van der Waals surface area contributed by atoms with Gasteiger partial charge in [0.1, 0.15) is 0 Å². The molecule has 2 aromatic rings. The van der Waals surface area contributed by atoms with Crippen LogP contribution in [0.4, 0.5) is 0 Å². The minimum Gasteiger partial charge on any atom is -0.235 e. The van der Waals surface area contributed by atoms with Crippen molar-refractivity contribution in [2.24, 2.45) is 7.05 Å². The molecule has 18 heavy (non-hydrogen) atoms. The molecule has 6 nitrogen and oxygen atoms in total. The van der Waals surface area contributed by atoms with Crippen LogP contribution in [0.1, 0.15) is 18.5 Å². The Morgan fingerprint density at radius 1 is 1.56 bits per heavy atom. The lowest BCUT2D eigenvalue weighted by Gasteiger charge is -2.12. The van der Waals surface area contributed by atoms with Crippen LogP contribution in [0.25, 0.3) is 0 Å². The van der Waals surface area contributed by atoms with Crippen molar-refractivity contribution in [2.75, 3.05) is 0 Å². The van der Waals surface area contributed by atoms with Gasteiger partial charge in [-0.05, 0) is 45.2 Å². The number of sulfonamides is 1. The van der Waals surface area contributed by atoms with Crippen molar-refractivity contribution in [1.82, 2.24) is 19.7 Å². The lowest BCUT2D eigenvalue weighted by molar-refractivity contribution is 0.548. The number of nitrogens with one attached hydrogen (secondary N) is 1. The van der Waals surface area contributed by atoms with Crippen LogP contribution in [0.5, 0.6) is 0 Å². The molecule has 2 heterocycles. The fourth-order valence-electron chi connectivity index (χ4n) is 1.49. The van der Waals surface area contributed by atoms with E-state index in [1.807, 2.05) is 16.8 Å². The molecular formula is C9H11BrN4O2S2. The van der Waals surface area contributed by atoms with Crippen LogP contribution in [0.2, 0.25) is 0 Å². The molecule has 98 valence electrons. The van der Waals surface area contributed by atoms with Crippen LogP contribution in [-0.2, 0) is 17.1 Å². The summed E-state index contributed by atoms with van der Waals surface area (Å²) in [4.78, 5) is 0. The monoisotopic (exact) mass is 350 g/mol. The maximum atomic E-state index is 12.2. The zero-order chi connectivity index (χ0) is 13.3. The van der Waals surface area contributed by atoms with E-state index < -0.39 is 10.0 Å². The summed E-state index contributed by atoms with van der Waals surface area (Å²) in [5.74, 6) is 0. The fraction of sp³-hybridized carbons (Fsp3) is 0.333. The van der Waals surface area contributed by atoms with E-state index in [-0.39, 0.29) is 15.7 Å². The lowest BCUT2D eigenvalue weighted by Crippen LogP contribution is -2.28. The first-order valence-corrected chi connectivity index (χ1v) is 8.23. The van der Waals surface area contributed by atoms with Crippen LogP contribution >= 0.6 is 27.3 Å². The summed E-state index contributed by atoms with van der Waals surface area (Å²) in [5, 5.41) is 11.1. The Labute approximate surface area is 117 Å². The molecule has 0 spiro atoms. The fourth-order valence-corrected chi connectivity index (χ4v) is 4.57. The highest BCUT2D eigenvalue weighted by Crippen LogP contribution is 2.22. The molecule has 0 radical (unpaired) electrons. The number of hydrogen-bond donors (Lipinski definition) is 1. The Hall–Kier alpha value is -0.770. The predicted molar refractivity (Wildman–Crippen MR) is 71.8 cm³/mol. The van der Waals surface area contributed by atoms with E-state index in [1.165, 1.54) is 23.1 Å². The van der Waals surface area contributed by atoms with Gasteiger partial charge in [-0.15, -0.1) is 5.10 Å². The number of thiophene rings is 1. The van der Waals surface area contributed by atoms with Crippen molar-refractivity contribution in [3.8, 4) is 0 Å². The average molecular weight is 351 g/mol. The van der Waals surface area contributed by atoms with E-state index in [0.29, 0.717) is 0 Å². The maximum Gasteiger partial charge on any atom is 0.261 e. The third-order valence-corrected chi connectivity index (χ3v) is 5.50. The van der Waals surface area contributed by atoms with Gasteiger partial charge in [-0.25, -0.2) is 17.8 Å². The quantitative estimate of drug-likeness (QED) is 0.909. The summed E-state index contributed by atoms with van der Waals surface area (Å²) in [6.07, 6.45) is 0. The standard InChI is InChI=1S/C9H11BrN4O2S2/c1-6(7-3-4-17-5-7)12-18(15,16)9-8(10)11-13-14(9)2/h3-6,12H,1-2H3. The SMILES string of the molecule is CC(NS(=O)(=O)c1c(Br)nnn1C)c1ccsc1. The van der Waals surface area contributed by atoms with Gasteiger partial charge in [0.05, 0.1) is 0 Å². The van der Waals surface area contributed by atoms with E-state index in [9.17, 15) is 8.42 Å². The van der Waals surface area contributed by atoms with Crippen LogP contribution in [0, 0.1) is 0 Å². The van der Waals surface area contributed by atoms with E-state index in [4.69, 9.17) is 0 Å². The van der Waals surface area contributed by atoms with Gasteiger partial charge in [-0.1, -0.05) is 5.21 Å². The van der Waals surface area contributed by atoms with Crippen LogP contribution < -0.4 is 4.72 Å². The summed E-state index contributed by atoms with van der Waals surface area (Å²) < 4.78 is 28.4. The second kappa shape index (κ2) is 5.08. The van der Waals surface area contributed by atoms with Crippen molar-refractivity contribution in [3.05, 3.63) is 27.0 Å². The first-order chi connectivity index (χ1) is 8.42. The molecule has 1 unspecified atom stereocenters. The van der Waals surface area contributed by atoms with Gasteiger partial charge in [0.2, 0.25) is 5.03 Å². The van der Waals surface area contributed by atoms with Crippen molar-refractivity contribution >= 4 is 37.3 Å². The number of hydrogen-bond acceptors (Lipinski definition) is 5. The highest BCUT2D eigenvalue weighted by atomic mass is 79.9. The molecule has 0 aromatic carbocycles. The largest absolute Gasteiger partial charge is 0.261 e. The zero-order valence-corrected chi connectivity index (χ0v) is 12.9. The molecule has 2 aromatic heterocycles. The number of aryl methyl sites for hydroxylation is 1. The van der Waals surface area contributed by atoms with Gasteiger partial charge in [0.15, 0.2) is 4.60 Å². The van der Waals surface area contributed by atoms with Crippen LogP contribution in [0.15, 0.2) is 26.5 Å². The minimum atomic E-state index is -3.66. The van der Waals surface area contributed by atoms with Gasteiger partial charge in [0.25, 0.3) is 10.0 Å². The normalized spacial score (nSPS) is 13.7. The van der Waals surface area contributed by atoms with Crippen molar-refractivity contribution in [2.45, 2.75) is 18.0 Å². The first-order valence-electron chi connectivity index (χ1n) is 5.01. The maximum absolute atomic E-state index is 12.2. The summed E-state index contributed by atoms with van der Waals surface area (Å²) in [7, 11) is -2.13. The minimum absolute atomic E-state index is 0.0181. The van der Waals surface area contributed by atoms with Gasteiger partial charge in [-0.2, -0.15) is 11.3 Å². The van der Waals surface area contributed by atoms with E-state index in [2.05, 4.69) is 31.0 Å². The molecule has 0 aliphatic heterocycles. The summed E-state index contributed by atoms with van der Waals surface area (Å²) in [6.45, 7) is 1.79. The van der Waals surface area contributed by atoms with Crippen molar-refractivity contribution in [3.63, 3.8) is 0 Å². The molecule has 9 heteroatoms. The molecule has 0 aliphatic carbocycles. The van der Waals surface area contributed by atoms with Crippen molar-refractivity contribution in [1.29, 1.82) is 0 Å². The molecular weight excluding hydrogens is 340 g/mol. The number of aromatic nitrogens is 3. The zero-order valence-electron chi connectivity index (χ0n) is 9.66. The number of rotatable bonds is 4. The van der Waals surface area contributed by atoms with Crippen LogP contribution in [-0.4, -0.2) is 23.4 Å². The van der Waals surface area contributed by atoms with Gasteiger partial charge < -0.3 is 0 Å². The average Bonchev–Trinajstić information content (AvgIpc) is 2.87. The molecule has 0 saturated heterocycles. The lowest BCUT2D eigenvalue weighted by atomic mass is 10.2. The molecule has 0 bridgehead atoms. The molecule has 0 saturated carbocycles. The van der Waals surface area contributed by atoms with Gasteiger partial charge in [-0.3, -0.25) is 0 Å². The predicted octanol–water partition coefficient (Wildman–Crippen LogP) is 1.68. The van der Waals surface area contributed by atoms with E-state index in [0.717, 1.165) is 5.56 Å². The highest BCUT2D eigenvalue weighted by Gasteiger charge is 2.26.